The number of hydrogen-bond acceptors (Lipinski definition) is 1. The minimum atomic E-state index is -2.20. The summed E-state index contributed by atoms with van der Waals surface area (Å²) in [5.74, 6) is 0.662. The highest BCUT2D eigenvalue weighted by atomic mass is 19.1. The fourth-order valence-corrected chi connectivity index (χ4v) is 7.66. The molecule has 2 aliphatic carbocycles. The van der Waals surface area contributed by atoms with Gasteiger partial charge < -0.3 is 4.42 Å². The molecule has 0 radical (unpaired) electrons. The lowest BCUT2D eigenvalue weighted by atomic mass is 9.70. The molecule has 3 heteroatoms. The summed E-state index contributed by atoms with van der Waals surface area (Å²) < 4.78 is 56.8. The van der Waals surface area contributed by atoms with Gasteiger partial charge >= 0.3 is 0 Å². The van der Waals surface area contributed by atoms with E-state index in [9.17, 15) is 1.37 Å². The summed E-state index contributed by atoms with van der Waals surface area (Å²) in [7, 11) is 1.83. The van der Waals surface area contributed by atoms with E-state index in [0.29, 0.717) is 16.7 Å². The monoisotopic (exact) mass is 550 g/mol. The molecule has 0 atom stereocenters. The number of furan rings is 1. The number of pyridine rings is 1. The highest BCUT2D eigenvalue weighted by molar-refractivity contribution is 6.13. The number of nitrogens with zero attached hydrogens (tertiary/aromatic N) is 1. The van der Waals surface area contributed by atoms with E-state index in [2.05, 4.69) is 0 Å². The molecule has 210 valence electrons. The molecule has 0 N–H and O–H groups in total. The van der Waals surface area contributed by atoms with Gasteiger partial charge in [0, 0.05) is 27.9 Å². The zero-order valence-corrected chi connectivity index (χ0v) is 24.1. The predicted octanol–water partition coefficient (Wildman–Crippen LogP) is 10.4. The minimum absolute atomic E-state index is 0.266. The molecular formula is C38H41FNO+. The van der Waals surface area contributed by atoms with Gasteiger partial charge in [-0.1, -0.05) is 68.5 Å². The van der Waals surface area contributed by atoms with E-state index in [1.165, 1.54) is 38.2 Å². The number of fused-ring (bicyclic) bond motifs is 3. The van der Waals surface area contributed by atoms with Crippen LogP contribution in [0, 0.1) is 31.4 Å². The molecule has 0 amide bonds. The van der Waals surface area contributed by atoms with Gasteiger partial charge in [0.2, 0.25) is 5.69 Å². The topological polar surface area (TPSA) is 17.0 Å². The third-order valence-electron chi connectivity index (χ3n) is 9.89. The largest absolute Gasteiger partial charge is 0.454 e. The standard InChI is InChI=1S/C38H41FNO/c1-24-9-22-34(40(3)23-24)35-25(2)10-19-31-32-20-21-33(39)36(38(32)41-37(31)35)30-17-15-29(16-18-30)28-13-11-27(12-14-28)26-7-5-4-6-8-26/h9-10,15-23,26-28H,4-8,11-14H2,1-3H3/q+1/i1D3,28D. The van der Waals surface area contributed by atoms with Gasteiger partial charge in [0.25, 0.3) is 0 Å². The Morgan fingerprint density at radius 1 is 0.780 bits per heavy atom. The minimum Gasteiger partial charge on any atom is -0.454 e. The maximum Gasteiger partial charge on any atom is 0.216 e. The van der Waals surface area contributed by atoms with E-state index in [1.54, 1.807) is 18.3 Å². The third-order valence-corrected chi connectivity index (χ3v) is 9.89. The molecule has 0 saturated heterocycles. The predicted molar refractivity (Wildman–Crippen MR) is 166 cm³/mol. The normalized spacial score (nSPS) is 23.7. The zero-order valence-electron chi connectivity index (χ0n) is 28.1. The van der Waals surface area contributed by atoms with Crippen LogP contribution in [0.3, 0.4) is 0 Å². The van der Waals surface area contributed by atoms with Crippen LogP contribution in [0.4, 0.5) is 4.39 Å². The van der Waals surface area contributed by atoms with Gasteiger partial charge in [-0.05, 0) is 92.1 Å². The lowest BCUT2D eigenvalue weighted by molar-refractivity contribution is -0.660. The average Bonchev–Trinajstić information content (AvgIpc) is 3.40. The number of rotatable bonds is 4. The number of aryl methyl sites for hydroxylation is 3. The van der Waals surface area contributed by atoms with Crippen molar-refractivity contribution in [2.24, 2.45) is 18.9 Å². The first-order chi connectivity index (χ1) is 21.5. The van der Waals surface area contributed by atoms with Crippen LogP contribution in [0.1, 0.15) is 85.9 Å². The van der Waals surface area contributed by atoms with E-state index in [0.717, 1.165) is 76.2 Å². The third kappa shape index (κ3) is 4.78. The van der Waals surface area contributed by atoms with Crippen molar-refractivity contribution in [2.75, 3.05) is 0 Å². The highest BCUT2D eigenvalue weighted by Gasteiger charge is 2.29. The summed E-state index contributed by atoms with van der Waals surface area (Å²) >= 11 is 0. The summed E-state index contributed by atoms with van der Waals surface area (Å²) in [5.41, 5.74) is 6.20. The Morgan fingerprint density at radius 3 is 2.17 bits per heavy atom. The Morgan fingerprint density at radius 2 is 1.46 bits per heavy atom. The summed E-state index contributed by atoms with van der Waals surface area (Å²) in [6.45, 7) is -0.203. The first-order valence-corrected chi connectivity index (χ1v) is 15.3. The molecule has 2 nitrogen and oxygen atoms in total. The molecule has 0 unspecified atom stereocenters. The molecular weight excluding hydrogens is 505 g/mol. The van der Waals surface area contributed by atoms with E-state index >= 15 is 4.39 Å². The van der Waals surface area contributed by atoms with E-state index in [-0.39, 0.29) is 11.4 Å². The molecule has 2 aliphatic rings. The molecule has 2 saturated carbocycles. The maximum absolute atomic E-state index is 15.7. The molecule has 5 aromatic rings. The second-order valence-electron chi connectivity index (χ2n) is 12.4. The van der Waals surface area contributed by atoms with Gasteiger partial charge in [0.05, 0.1) is 11.1 Å². The smallest absolute Gasteiger partial charge is 0.216 e. The van der Waals surface area contributed by atoms with Gasteiger partial charge in [-0.3, -0.25) is 0 Å². The fourth-order valence-electron chi connectivity index (χ4n) is 7.66. The second kappa shape index (κ2) is 10.7. The number of hydrogen-bond donors (Lipinski definition) is 0. The van der Waals surface area contributed by atoms with Crippen molar-refractivity contribution in [2.45, 2.75) is 77.5 Å². The Labute approximate surface area is 248 Å². The quantitative estimate of drug-likeness (QED) is 0.203. The number of benzene rings is 3. The first kappa shape index (κ1) is 22.2. The van der Waals surface area contributed by atoms with Crippen LogP contribution >= 0.6 is 0 Å². The second-order valence-corrected chi connectivity index (χ2v) is 12.4. The van der Waals surface area contributed by atoms with Gasteiger partial charge in [0.15, 0.2) is 6.20 Å². The molecule has 2 heterocycles. The number of halogens is 1. The van der Waals surface area contributed by atoms with Gasteiger partial charge in [-0.2, -0.15) is 0 Å². The average molecular weight is 551 g/mol. The number of aromatic nitrogens is 1. The van der Waals surface area contributed by atoms with Crippen LogP contribution in [-0.4, -0.2) is 0 Å². The van der Waals surface area contributed by atoms with Gasteiger partial charge in [-0.25, -0.2) is 8.96 Å². The van der Waals surface area contributed by atoms with E-state index < -0.39 is 12.7 Å². The van der Waals surface area contributed by atoms with Crippen LogP contribution in [0.5, 0.6) is 0 Å². The molecule has 0 spiro atoms. The van der Waals surface area contributed by atoms with Crippen LogP contribution < -0.4 is 4.57 Å². The van der Waals surface area contributed by atoms with Gasteiger partial charge in [0.1, 0.15) is 24.0 Å². The van der Waals surface area contributed by atoms with Crippen molar-refractivity contribution in [3.63, 3.8) is 0 Å². The van der Waals surface area contributed by atoms with Crippen molar-refractivity contribution >= 4 is 21.9 Å². The Kier molecular flexibility index (Phi) is 5.81. The van der Waals surface area contributed by atoms with E-state index in [1.807, 2.05) is 61.0 Å². The molecule has 2 fully saturated rings. The Bertz CT molecular complexity index is 1880. The van der Waals surface area contributed by atoms with Crippen LogP contribution in [-0.2, 0) is 7.05 Å². The molecule has 2 aromatic heterocycles. The zero-order chi connectivity index (χ0) is 31.5. The van der Waals surface area contributed by atoms with Crippen molar-refractivity contribution in [1.82, 2.24) is 0 Å². The molecule has 0 bridgehead atoms. The van der Waals surface area contributed by atoms with Crippen molar-refractivity contribution in [3.8, 4) is 22.4 Å². The molecule has 7 rings (SSSR count). The summed E-state index contributed by atoms with van der Waals surface area (Å²) in [4.78, 5) is 0. The van der Waals surface area contributed by atoms with Crippen LogP contribution in [0.15, 0.2) is 71.3 Å². The highest BCUT2D eigenvalue weighted by Crippen LogP contribution is 2.44. The Hall–Kier alpha value is -3.46. The fraction of sp³-hybridized carbons (Fsp3) is 0.395. The summed E-state index contributed by atoms with van der Waals surface area (Å²) in [6, 6.07) is 18.7. The summed E-state index contributed by atoms with van der Waals surface area (Å²) in [5, 5.41) is 1.70. The van der Waals surface area contributed by atoms with Gasteiger partial charge in [-0.15, -0.1) is 0 Å². The maximum atomic E-state index is 15.7. The van der Waals surface area contributed by atoms with E-state index in [4.69, 9.17) is 8.53 Å². The van der Waals surface area contributed by atoms with Crippen LogP contribution in [0.25, 0.3) is 44.3 Å². The lowest BCUT2D eigenvalue weighted by Gasteiger charge is -2.36. The Balaban J connectivity index is 1.24. The molecule has 3 aromatic carbocycles. The lowest BCUT2D eigenvalue weighted by Crippen LogP contribution is -2.31. The van der Waals surface area contributed by atoms with Crippen molar-refractivity contribution < 1.29 is 18.9 Å². The first-order valence-electron chi connectivity index (χ1n) is 17.3. The van der Waals surface area contributed by atoms with Crippen LogP contribution in [0.2, 0.25) is 0 Å². The molecule has 41 heavy (non-hydrogen) atoms. The molecule has 0 aliphatic heterocycles. The SMILES string of the molecule is [2H]C([2H])([2H])c1ccc(-c2c(C)ccc3c2oc2c(-c4ccc(C5([2H])CCC(C6CCCCC6)CC5)cc4)c(F)ccc23)[n+](C)c1. The summed E-state index contributed by atoms with van der Waals surface area (Å²) in [6.07, 6.45) is 12.5. The van der Waals surface area contributed by atoms with Crippen molar-refractivity contribution in [3.05, 3.63) is 89.4 Å². The van der Waals surface area contributed by atoms with Crippen molar-refractivity contribution in [1.29, 1.82) is 0 Å².